The van der Waals surface area contributed by atoms with E-state index >= 15 is 0 Å². The number of pyridine rings is 1. The van der Waals surface area contributed by atoms with E-state index in [1.54, 1.807) is 0 Å². The van der Waals surface area contributed by atoms with Gasteiger partial charge in [-0.25, -0.2) is 0 Å². The van der Waals surface area contributed by atoms with Crippen molar-refractivity contribution in [2.75, 3.05) is 0 Å². The highest BCUT2D eigenvalue weighted by atomic mass is 35.5. The number of aromatic nitrogens is 1. The van der Waals surface area contributed by atoms with Crippen LogP contribution in [0.5, 0.6) is 0 Å². The van der Waals surface area contributed by atoms with Crippen LogP contribution >= 0.6 is 11.6 Å². The van der Waals surface area contributed by atoms with Crippen LogP contribution in [0.25, 0.3) is 0 Å². The average Bonchev–Trinajstić information content (AvgIpc) is 2.41. The maximum absolute atomic E-state index is 6.47. The fourth-order valence-electron chi connectivity index (χ4n) is 2.01. The van der Waals surface area contributed by atoms with Crippen molar-refractivity contribution in [3.8, 4) is 0 Å². The Balaban J connectivity index is 2.07. The second kappa shape index (κ2) is 6.21. The Morgan fingerprint density at radius 2 is 1.63 bits per heavy atom. The van der Waals surface area contributed by atoms with Crippen molar-refractivity contribution < 1.29 is 0 Å². The Labute approximate surface area is 120 Å². The minimum Gasteiger partial charge on any atom is -0.261 e. The summed E-state index contributed by atoms with van der Waals surface area (Å²) in [6, 6.07) is 12.7. The van der Waals surface area contributed by atoms with Gasteiger partial charge in [-0.15, -0.1) is 11.6 Å². The first kappa shape index (κ1) is 14.1. The van der Waals surface area contributed by atoms with Gasteiger partial charge in [0.1, 0.15) is 0 Å². The van der Waals surface area contributed by atoms with Crippen LogP contribution in [0.1, 0.15) is 47.5 Å². The molecule has 2 heteroatoms. The Kier molecular flexibility index (Phi) is 4.60. The molecule has 0 bridgehead atoms. The number of hydrogen-bond donors (Lipinski definition) is 0. The van der Waals surface area contributed by atoms with Gasteiger partial charge in [0.05, 0.1) is 5.38 Å². The van der Waals surface area contributed by atoms with Gasteiger partial charge in [0.15, 0.2) is 0 Å². The highest BCUT2D eigenvalue weighted by molar-refractivity contribution is 6.20. The largest absolute Gasteiger partial charge is 0.261 e. The van der Waals surface area contributed by atoms with E-state index in [-0.39, 0.29) is 5.38 Å². The van der Waals surface area contributed by atoms with Crippen LogP contribution in [0.15, 0.2) is 42.6 Å². The van der Waals surface area contributed by atoms with Gasteiger partial charge < -0.3 is 0 Å². The maximum atomic E-state index is 6.47. The Bertz CT molecular complexity index is 514. The maximum Gasteiger partial charge on any atom is 0.0640 e. The minimum absolute atomic E-state index is 0.0172. The first-order valence-electron chi connectivity index (χ1n) is 6.71. The van der Waals surface area contributed by atoms with E-state index in [4.69, 9.17) is 11.6 Å². The predicted molar refractivity (Wildman–Crippen MR) is 81.8 cm³/mol. The summed E-state index contributed by atoms with van der Waals surface area (Å²) in [7, 11) is 0. The third-order valence-electron chi connectivity index (χ3n) is 3.33. The molecule has 0 radical (unpaired) electrons. The molecule has 1 heterocycles. The Hall–Kier alpha value is -1.34. The summed E-state index contributed by atoms with van der Waals surface area (Å²) in [5.41, 5.74) is 4.73. The topological polar surface area (TPSA) is 12.9 Å². The van der Waals surface area contributed by atoms with E-state index in [9.17, 15) is 0 Å². The van der Waals surface area contributed by atoms with Gasteiger partial charge in [0, 0.05) is 18.3 Å². The SMILES string of the molecule is Cc1ccc(CC(Cl)c2ccc(C(C)C)cc2)nc1. The highest BCUT2D eigenvalue weighted by Crippen LogP contribution is 2.26. The molecule has 0 fully saturated rings. The zero-order chi connectivity index (χ0) is 13.8. The molecule has 0 aliphatic carbocycles. The second-order valence-electron chi connectivity index (χ2n) is 5.32. The molecule has 1 nitrogen and oxygen atoms in total. The molecule has 19 heavy (non-hydrogen) atoms. The van der Waals surface area contributed by atoms with E-state index in [1.807, 2.05) is 19.2 Å². The third-order valence-corrected chi connectivity index (χ3v) is 3.73. The quantitative estimate of drug-likeness (QED) is 0.712. The van der Waals surface area contributed by atoms with Crippen molar-refractivity contribution in [3.05, 3.63) is 65.0 Å². The standard InChI is InChI=1S/C17H20ClN/c1-12(2)14-5-7-15(8-6-14)17(18)10-16-9-4-13(3)11-19-16/h4-9,11-12,17H,10H2,1-3H3. The average molecular weight is 274 g/mol. The molecule has 2 rings (SSSR count). The van der Waals surface area contributed by atoms with Gasteiger partial charge in [0.25, 0.3) is 0 Å². The van der Waals surface area contributed by atoms with Gasteiger partial charge in [-0.3, -0.25) is 4.98 Å². The van der Waals surface area contributed by atoms with Crippen LogP contribution in [-0.2, 0) is 6.42 Å². The lowest BCUT2D eigenvalue weighted by atomic mass is 9.99. The van der Waals surface area contributed by atoms with Gasteiger partial charge in [-0.1, -0.05) is 44.2 Å². The number of hydrogen-bond acceptors (Lipinski definition) is 1. The van der Waals surface area contributed by atoms with Gasteiger partial charge in [-0.2, -0.15) is 0 Å². The fourth-order valence-corrected chi connectivity index (χ4v) is 2.31. The molecule has 1 unspecified atom stereocenters. The van der Waals surface area contributed by atoms with E-state index in [0.717, 1.165) is 17.7 Å². The number of benzene rings is 1. The molecule has 0 spiro atoms. The van der Waals surface area contributed by atoms with E-state index in [1.165, 1.54) is 11.1 Å². The van der Waals surface area contributed by atoms with Crippen molar-refractivity contribution in [1.82, 2.24) is 4.98 Å². The first-order valence-corrected chi connectivity index (χ1v) is 7.15. The second-order valence-corrected chi connectivity index (χ2v) is 5.85. The smallest absolute Gasteiger partial charge is 0.0640 e. The summed E-state index contributed by atoms with van der Waals surface area (Å²) < 4.78 is 0. The molecule has 1 aromatic heterocycles. The molecule has 0 amide bonds. The molecule has 0 saturated carbocycles. The number of rotatable bonds is 4. The van der Waals surface area contributed by atoms with E-state index in [0.29, 0.717) is 5.92 Å². The third kappa shape index (κ3) is 3.81. The molecule has 0 aliphatic rings. The molecule has 0 saturated heterocycles. The van der Waals surface area contributed by atoms with Crippen LogP contribution in [0.3, 0.4) is 0 Å². The fraction of sp³-hybridized carbons (Fsp3) is 0.353. The summed E-state index contributed by atoms with van der Waals surface area (Å²) in [4.78, 5) is 4.41. The monoisotopic (exact) mass is 273 g/mol. The van der Waals surface area contributed by atoms with Crippen molar-refractivity contribution in [3.63, 3.8) is 0 Å². The molecular formula is C17H20ClN. The molecule has 1 aromatic carbocycles. The minimum atomic E-state index is -0.0172. The highest BCUT2D eigenvalue weighted by Gasteiger charge is 2.10. The van der Waals surface area contributed by atoms with Crippen LogP contribution in [-0.4, -0.2) is 4.98 Å². The Morgan fingerprint density at radius 3 is 2.16 bits per heavy atom. The normalized spacial score (nSPS) is 12.7. The molecule has 100 valence electrons. The van der Waals surface area contributed by atoms with Gasteiger partial charge in [0.2, 0.25) is 0 Å². The summed E-state index contributed by atoms with van der Waals surface area (Å²) in [5.74, 6) is 0.557. The summed E-state index contributed by atoms with van der Waals surface area (Å²) in [6.07, 6.45) is 2.66. The molecule has 2 aromatic rings. The zero-order valence-electron chi connectivity index (χ0n) is 11.7. The predicted octanol–water partition coefficient (Wildman–Crippen LogP) is 5.04. The zero-order valence-corrected chi connectivity index (χ0v) is 12.5. The van der Waals surface area contributed by atoms with Crippen LogP contribution in [0.2, 0.25) is 0 Å². The van der Waals surface area contributed by atoms with Crippen LogP contribution < -0.4 is 0 Å². The van der Waals surface area contributed by atoms with Gasteiger partial charge >= 0.3 is 0 Å². The number of aryl methyl sites for hydroxylation is 1. The van der Waals surface area contributed by atoms with Crippen LogP contribution in [0.4, 0.5) is 0 Å². The van der Waals surface area contributed by atoms with Crippen molar-refractivity contribution >= 4 is 11.6 Å². The molecule has 0 N–H and O–H groups in total. The molecular weight excluding hydrogens is 254 g/mol. The Morgan fingerprint density at radius 1 is 1.00 bits per heavy atom. The lowest BCUT2D eigenvalue weighted by molar-refractivity contribution is 0.853. The summed E-state index contributed by atoms with van der Waals surface area (Å²) in [5, 5.41) is -0.0172. The summed E-state index contributed by atoms with van der Waals surface area (Å²) in [6.45, 7) is 6.44. The number of nitrogens with zero attached hydrogens (tertiary/aromatic N) is 1. The number of alkyl halides is 1. The van der Waals surface area contributed by atoms with Crippen molar-refractivity contribution in [1.29, 1.82) is 0 Å². The molecule has 0 aliphatic heterocycles. The van der Waals surface area contributed by atoms with E-state index in [2.05, 4.69) is 49.2 Å². The van der Waals surface area contributed by atoms with Crippen molar-refractivity contribution in [2.45, 2.75) is 38.5 Å². The van der Waals surface area contributed by atoms with Gasteiger partial charge in [-0.05, 0) is 35.6 Å². The first-order chi connectivity index (χ1) is 9.06. The number of halogens is 1. The summed E-state index contributed by atoms with van der Waals surface area (Å²) >= 11 is 6.47. The van der Waals surface area contributed by atoms with Crippen molar-refractivity contribution in [2.24, 2.45) is 0 Å². The van der Waals surface area contributed by atoms with Crippen LogP contribution in [0, 0.1) is 6.92 Å². The van der Waals surface area contributed by atoms with E-state index < -0.39 is 0 Å². The molecule has 1 atom stereocenters. The lowest BCUT2D eigenvalue weighted by Crippen LogP contribution is -1.99. The lowest BCUT2D eigenvalue weighted by Gasteiger charge is -2.11.